The van der Waals surface area contributed by atoms with E-state index in [9.17, 15) is 14.0 Å². The van der Waals surface area contributed by atoms with E-state index in [1.54, 1.807) is 31.3 Å². The van der Waals surface area contributed by atoms with E-state index in [0.717, 1.165) is 36.1 Å². The predicted molar refractivity (Wildman–Crippen MR) is 125 cm³/mol. The Morgan fingerprint density at radius 1 is 1.15 bits per heavy atom. The van der Waals surface area contributed by atoms with Crippen LogP contribution in [0.1, 0.15) is 51.9 Å². The van der Waals surface area contributed by atoms with Crippen molar-refractivity contribution < 1.29 is 9.18 Å². The van der Waals surface area contributed by atoms with Gasteiger partial charge in [0.15, 0.2) is 5.69 Å². The molecule has 8 heteroatoms. The second-order valence-electron chi connectivity index (χ2n) is 8.47. The van der Waals surface area contributed by atoms with Gasteiger partial charge in [0.2, 0.25) is 5.43 Å². The van der Waals surface area contributed by atoms with Gasteiger partial charge in [-0.2, -0.15) is 10.2 Å². The van der Waals surface area contributed by atoms with Crippen LogP contribution in [0, 0.1) is 12.7 Å². The number of carbonyl (C=O) groups excluding carboxylic acids is 1. The molecule has 2 aromatic carbocycles. The number of para-hydroxylation sites is 1. The van der Waals surface area contributed by atoms with Gasteiger partial charge < -0.3 is 5.32 Å². The van der Waals surface area contributed by atoms with Gasteiger partial charge in [0, 0.05) is 23.0 Å². The molecule has 2 aromatic heterocycles. The van der Waals surface area contributed by atoms with E-state index in [1.165, 1.54) is 16.8 Å². The van der Waals surface area contributed by atoms with Crippen molar-refractivity contribution in [3.05, 3.63) is 111 Å². The summed E-state index contributed by atoms with van der Waals surface area (Å²) in [6, 6.07) is 17.2. The van der Waals surface area contributed by atoms with Crippen LogP contribution in [-0.4, -0.2) is 25.5 Å². The molecule has 172 valence electrons. The highest BCUT2D eigenvalue weighted by molar-refractivity contribution is 5.92. The minimum atomic E-state index is -0.580. The molecule has 4 aromatic rings. The third-order valence-corrected chi connectivity index (χ3v) is 6.15. The minimum absolute atomic E-state index is 0.177. The van der Waals surface area contributed by atoms with Gasteiger partial charge in [-0.15, -0.1) is 0 Å². The average molecular weight is 458 g/mol. The van der Waals surface area contributed by atoms with Crippen LogP contribution < -0.4 is 10.7 Å². The Kier molecular flexibility index (Phi) is 5.79. The number of halogens is 1. The molecule has 0 saturated heterocycles. The van der Waals surface area contributed by atoms with Gasteiger partial charge in [-0.25, -0.2) is 9.07 Å². The van der Waals surface area contributed by atoms with Gasteiger partial charge in [-0.3, -0.25) is 14.3 Å². The fourth-order valence-corrected chi connectivity index (χ4v) is 4.46. The summed E-state index contributed by atoms with van der Waals surface area (Å²) in [5.74, 6) is -1.07. The summed E-state index contributed by atoms with van der Waals surface area (Å²) in [6.45, 7) is 2.31. The third-order valence-electron chi connectivity index (χ3n) is 6.15. The zero-order valence-electron chi connectivity index (χ0n) is 18.7. The first-order valence-electron chi connectivity index (χ1n) is 11.3. The molecular formula is C26H24FN5O2. The highest BCUT2D eigenvalue weighted by atomic mass is 19.1. The molecular weight excluding hydrogens is 433 g/mol. The molecule has 1 unspecified atom stereocenters. The van der Waals surface area contributed by atoms with Crippen LogP contribution in [0.5, 0.6) is 0 Å². The molecule has 34 heavy (non-hydrogen) atoms. The summed E-state index contributed by atoms with van der Waals surface area (Å²) in [4.78, 5) is 25.7. The number of benzene rings is 2. The molecule has 0 radical (unpaired) electrons. The van der Waals surface area contributed by atoms with Gasteiger partial charge in [0.1, 0.15) is 11.5 Å². The first-order valence-corrected chi connectivity index (χ1v) is 11.3. The van der Waals surface area contributed by atoms with Crippen molar-refractivity contribution in [2.45, 2.75) is 38.8 Å². The number of hydrogen-bond acceptors (Lipinski definition) is 4. The number of fused-ring (bicyclic) bond motifs is 1. The Balaban J connectivity index is 1.41. The first kappa shape index (κ1) is 21.8. The van der Waals surface area contributed by atoms with Crippen LogP contribution >= 0.6 is 0 Å². The Bertz CT molecular complexity index is 1410. The number of amides is 1. The van der Waals surface area contributed by atoms with Gasteiger partial charge >= 0.3 is 0 Å². The summed E-state index contributed by atoms with van der Waals surface area (Å²) >= 11 is 0. The number of carbonyl (C=O) groups is 1. The molecule has 2 heterocycles. The van der Waals surface area contributed by atoms with Crippen molar-refractivity contribution in [2.24, 2.45) is 0 Å². The Morgan fingerprint density at radius 3 is 2.71 bits per heavy atom. The molecule has 1 atom stereocenters. The lowest BCUT2D eigenvalue weighted by Gasteiger charge is -2.24. The number of nitrogens with one attached hydrogen (secondary N) is 1. The molecule has 0 spiro atoms. The van der Waals surface area contributed by atoms with Crippen molar-refractivity contribution in [2.75, 3.05) is 0 Å². The van der Waals surface area contributed by atoms with Crippen molar-refractivity contribution in [1.82, 2.24) is 24.9 Å². The van der Waals surface area contributed by atoms with E-state index in [4.69, 9.17) is 0 Å². The second-order valence-corrected chi connectivity index (χ2v) is 8.47. The van der Waals surface area contributed by atoms with Gasteiger partial charge in [0.05, 0.1) is 18.8 Å². The van der Waals surface area contributed by atoms with Crippen LogP contribution in [0.4, 0.5) is 4.39 Å². The highest BCUT2D eigenvalue weighted by Gasteiger charge is 2.27. The van der Waals surface area contributed by atoms with E-state index < -0.39 is 17.2 Å². The van der Waals surface area contributed by atoms with E-state index in [1.807, 2.05) is 22.9 Å². The number of aryl methyl sites for hydroxylation is 1. The normalized spacial score (nSPS) is 15.1. The van der Waals surface area contributed by atoms with Crippen molar-refractivity contribution in [1.29, 1.82) is 0 Å². The number of aromatic nitrogens is 4. The van der Waals surface area contributed by atoms with Crippen molar-refractivity contribution >= 4 is 5.91 Å². The van der Waals surface area contributed by atoms with Crippen molar-refractivity contribution in [3.63, 3.8) is 0 Å². The predicted octanol–water partition coefficient (Wildman–Crippen LogP) is 3.73. The molecule has 1 aliphatic rings. The monoisotopic (exact) mass is 457 g/mol. The second kappa shape index (κ2) is 9.05. The molecule has 1 N–H and O–H groups in total. The lowest BCUT2D eigenvalue weighted by Crippen LogP contribution is -2.36. The zero-order chi connectivity index (χ0) is 23.7. The SMILES string of the molecule is Cc1cc(=O)c(C(=O)NC2CCCc3c2cnn3Cc2ccccc2)nn1-c1ccccc1F. The maximum Gasteiger partial charge on any atom is 0.276 e. The summed E-state index contributed by atoms with van der Waals surface area (Å²) in [6.07, 6.45) is 4.29. The maximum atomic E-state index is 14.3. The summed E-state index contributed by atoms with van der Waals surface area (Å²) in [7, 11) is 0. The van der Waals surface area contributed by atoms with Gasteiger partial charge in [0.25, 0.3) is 5.91 Å². The van der Waals surface area contributed by atoms with Gasteiger partial charge in [-0.05, 0) is 43.9 Å². The van der Waals surface area contributed by atoms with Crippen LogP contribution in [0.3, 0.4) is 0 Å². The minimum Gasteiger partial charge on any atom is -0.344 e. The standard InChI is InChI=1S/C26H24FN5O2/c1-17-14-24(33)25(30-32(17)23-12-6-5-10-20(23)27)26(34)29-21-11-7-13-22-19(21)15-28-31(22)16-18-8-3-2-4-9-18/h2-6,8-10,12,14-15,21H,7,11,13,16H2,1H3,(H,29,34). The molecule has 1 amide bonds. The Labute approximate surface area is 195 Å². The number of nitrogens with zero attached hydrogens (tertiary/aromatic N) is 4. The van der Waals surface area contributed by atoms with E-state index in [-0.39, 0.29) is 17.4 Å². The van der Waals surface area contributed by atoms with E-state index in [0.29, 0.717) is 12.2 Å². The van der Waals surface area contributed by atoms with Crippen molar-refractivity contribution in [3.8, 4) is 5.69 Å². The quantitative estimate of drug-likeness (QED) is 0.495. The van der Waals surface area contributed by atoms with E-state index >= 15 is 0 Å². The zero-order valence-corrected chi connectivity index (χ0v) is 18.7. The smallest absolute Gasteiger partial charge is 0.276 e. The largest absolute Gasteiger partial charge is 0.344 e. The van der Waals surface area contributed by atoms with Gasteiger partial charge in [-0.1, -0.05) is 42.5 Å². The third kappa shape index (κ3) is 4.14. The summed E-state index contributed by atoms with van der Waals surface area (Å²) in [5, 5.41) is 11.7. The highest BCUT2D eigenvalue weighted by Crippen LogP contribution is 2.30. The molecule has 5 rings (SSSR count). The van der Waals surface area contributed by atoms with Crippen LogP contribution in [0.2, 0.25) is 0 Å². The molecule has 0 saturated carbocycles. The lowest BCUT2D eigenvalue weighted by atomic mass is 9.92. The fraction of sp³-hybridized carbons (Fsp3) is 0.231. The fourth-order valence-electron chi connectivity index (χ4n) is 4.46. The Hall–Kier alpha value is -4.07. The number of rotatable bonds is 5. The molecule has 0 aliphatic heterocycles. The summed E-state index contributed by atoms with van der Waals surface area (Å²) in [5.41, 5.74) is 3.04. The van der Waals surface area contributed by atoms with Crippen LogP contribution in [-0.2, 0) is 13.0 Å². The maximum absolute atomic E-state index is 14.3. The average Bonchev–Trinajstić information content (AvgIpc) is 3.24. The number of hydrogen-bond donors (Lipinski definition) is 1. The molecule has 1 aliphatic carbocycles. The van der Waals surface area contributed by atoms with Crippen LogP contribution in [0.15, 0.2) is 71.7 Å². The summed E-state index contributed by atoms with van der Waals surface area (Å²) < 4.78 is 17.6. The van der Waals surface area contributed by atoms with Crippen LogP contribution in [0.25, 0.3) is 5.69 Å². The Morgan fingerprint density at radius 2 is 1.91 bits per heavy atom. The topological polar surface area (TPSA) is 81.8 Å². The van der Waals surface area contributed by atoms with E-state index in [2.05, 4.69) is 27.6 Å². The molecule has 7 nitrogen and oxygen atoms in total. The molecule has 0 bridgehead atoms. The molecule has 0 fully saturated rings. The lowest BCUT2D eigenvalue weighted by molar-refractivity contribution is 0.0924. The first-order chi connectivity index (χ1) is 16.5.